The molecule has 1 amide bonds. The normalized spacial score (nSPS) is 16.5. The molecule has 0 saturated heterocycles. The number of aromatic nitrogens is 2. The van der Waals surface area contributed by atoms with Gasteiger partial charge in [-0.25, -0.2) is 4.98 Å². The highest BCUT2D eigenvalue weighted by atomic mass is 32.2. The molecule has 0 radical (unpaired) electrons. The topological polar surface area (TPSA) is 64.0 Å². The summed E-state index contributed by atoms with van der Waals surface area (Å²) in [7, 11) is 0. The fraction of sp³-hybridized carbons (Fsp3) is 0.353. The highest BCUT2D eigenvalue weighted by Crippen LogP contribution is 2.27. The molecule has 0 bridgehead atoms. The van der Waals surface area contributed by atoms with Crippen molar-refractivity contribution in [1.82, 2.24) is 9.55 Å². The van der Waals surface area contributed by atoms with Crippen molar-refractivity contribution in [3.63, 3.8) is 0 Å². The van der Waals surface area contributed by atoms with Gasteiger partial charge in [-0.3, -0.25) is 14.2 Å². The molecule has 2 aromatic rings. The number of fused-ring (bicyclic) bond motifs is 1. The molecule has 1 aromatic heterocycles. The van der Waals surface area contributed by atoms with Crippen molar-refractivity contribution >= 4 is 36.0 Å². The molecular formula is C17H19N3O2S2. The Morgan fingerprint density at radius 2 is 2.21 bits per heavy atom. The lowest BCUT2D eigenvalue weighted by Crippen LogP contribution is -2.38. The maximum atomic E-state index is 12.6. The Kier molecular flexibility index (Phi) is 5.01. The number of benzene rings is 1. The first-order valence-corrected chi connectivity index (χ1v) is 9.26. The molecule has 24 heavy (non-hydrogen) atoms. The summed E-state index contributed by atoms with van der Waals surface area (Å²) in [6.45, 7) is 4.17. The fourth-order valence-corrected chi connectivity index (χ4v) is 4.11. The molecule has 1 unspecified atom stereocenters. The van der Waals surface area contributed by atoms with Crippen LogP contribution in [0, 0.1) is 12.8 Å². The summed E-state index contributed by atoms with van der Waals surface area (Å²) < 4.78 is 1.64. The highest BCUT2D eigenvalue weighted by Gasteiger charge is 2.28. The van der Waals surface area contributed by atoms with Gasteiger partial charge in [-0.15, -0.1) is 12.6 Å². The van der Waals surface area contributed by atoms with Crippen molar-refractivity contribution < 1.29 is 4.79 Å². The molecule has 7 heteroatoms. The van der Waals surface area contributed by atoms with Gasteiger partial charge in [0, 0.05) is 28.5 Å². The molecule has 1 aliphatic rings. The van der Waals surface area contributed by atoms with E-state index in [2.05, 4.69) is 22.9 Å². The summed E-state index contributed by atoms with van der Waals surface area (Å²) in [5.74, 6) is 0.236. The quantitative estimate of drug-likeness (QED) is 0.652. The number of hydrogen-bond donors (Lipinski definition) is 2. The highest BCUT2D eigenvalue weighted by molar-refractivity contribution is 7.99. The second kappa shape index (κ2) is 7.03. The van der Waals surface area contributed by atoms with E-state index in [1.165, 1.54) is 11.8 Å². The summed E-state index contributed by atoms with van der Waals surface area (Å²) in [5.41, 5.74) is 2.17. The Bertz CT molecular complexity index is 848. The summed E-state index contributed by atoms with van der Waals surface area (Å²) >= 11 is 5.81. The monoisotopic (exact) mass is 361 g/mol. The Morgan fingerprint density at radius 3 is 2.92 bits per heavy atom. The van der Waals surface area contributed by atoms with Crippen LogP contribution in [-0.2, 0) is 17.8 Å². The van der Waals surface area contributed by atoms with Gasteiger partial charge in [-0.2, -0.15) is 0 Å². The number of para-hydroxylation sites is 1. The zero-order chi connectivity index (χ0) is 17.3. The van der Waals surface area contributed by atoms with Crippen molar-refractivity contribution in [3.8, 4) is 0 Å². The van der Waals surface area contributed by atoms with Crippen LogP contribution < -0.4 is 10.9 Å². The molecule has 1 atom stereocenters. The average molecular weight is 361 g/mol. The molecule has 2 heterocycles. The summed E-state index contributed by atoms with van der Waals surface area (Å²) in [5, 5.41) is 3.61. The Hall–Kier alpha value is -1.73. The molecular weight excluding hydrogens is 342 g/mol. The smallest absolute Gasteiger partial charge is 0.257 e. The second-order valence-corrected chi connectivity index (χ2v) is 7.21. The number of thiol groups is 1. The zero-order valence-corrected chi connectivity index (χ0v) is 15.3. The van der Waals surface area contributed by atoms with Crippen LogP contribution in [0.1, 0.15) is 18.2 Å². The molecule has 0 aliphatic carbocycles. The van der Waals surface area contributed by atoms with Crippen LogP contribution in [0.15, 0.2) is 39.1 Å². The number of carbonyl (C=O) groups excluding carboxylic acids is 1. The van der Waals surface area contributed by atoms with Crippen molar-refractivity contribution in [2.24, 2.45) is 5.92 Å². The zero-order valence-electron chi connectivity index (χ0n) is 13.6. The second-order valence-electron chi connectivity index (χ2n) is 5.74. The van der Waals surface area contributed by atoms with Crippen LogP contribution in [0.4, 0.5) is 5.69 Å². The van der Waals surface area contributed by atoms with Crippen LogP contribution in [-0.4, -0.2) is 21.2 Å². The summed E-state index contributed by atoms with van der Waals surface area (Å²) in [4.78, 5) is 30.4. The molecule has 0 spiro atoms. The fourth-order valence-electron chi connectivity index (χ4n) is 2.78. The van der Waals surface area contributed by atoms with Gasteiger partial charge < -0.3 is 5.32 Å². The van der Waals surface area contributed by atoms with Crippen LogP contribution in [0.3, 0.4) is 0 Å². The summed E-state index contributed by atoms with van der Waals surface area (Å²) in [6, 6.07) is 7.36. The lowest BCUT2D eigenvalue weighted by Gasteiger charge is -2.25. The van der Waals surface area contributed by atoms with Crippen LogP contribution in [0.25, 0.3) is 0 Å². The lowest BCUT2D eigenvalue weighted by molar-refractivity contribution is -0.119. The minimum atomic E-state index is -0.276. The third kappa shape index (κ3) is 3.23. The van der Waals surface area contributed by atoms with Crippen LogP contribution in [0.2, 0.25) is 0 Å². The molecule has 1 aliphatic heterocycles. The number of hydrogen-bond acceptors (Lipinski definition) is 5. The average Bonchev–Trinajstić information content (AvgIpc) is 2.57. The van der Waals surface area contributed by atoms with E-state index in [0.717, 1.165) is 16.2 Å². The number of amides is 1. The maximum absolute atomic E-state index is 12.6. The van der Waals surface area contributed by atoms with E-state index in [-0.39, 0.29) is 17.4 Å². The van der Waals surface area contributed by atoms with Gasteiger partial charge in [0.1, 0.15) is 0 Å². The van der Waals surface area contributed by atoms with E-state index >= 15 is 0 Å². The van der Waals surface area contributed by atoms with E-state index in [4.69, 9.17) is 0 Å². The Morgan fingerprint density at radius 1 is 1.46 bits per heavy atom. The standard InChI is InChI=1S/C17H19N3O2S2/c1-3-12-10(2)18-17-20(16(12)22)8-11(9-24-17)15(21)19-13-6-4-5-7-14(13)23/h4-7,11,23H,3,8-9H2,1-2H3,(H,19,21). The third-order valence-corrected chi connectivity index (χ3v) is 5.67. The van der Waals surface area contributed by atoms with Crippen molar-refractivity contribution in [2.45, 2.75) is 36.9 Å². The van der Waals surface area contributed by atoms with Crippen molar-refractivity contribution in [3.05, 3.63) is 45.9 Å². The molecule has 0 saturated carbocycles. The number of carbonyl (C=O) groups is 1. The number of nitrogens with one attached hydrogen (secondary N) is 1. The predicted molar refractivity (Wildman–Crippen MR) is 99.1 cm³/mol. The Balaban J connectivity index is 1.83. The first-order chi connectivity index (χ1) is 11.5. The van der Waals surface area contributed by atoms with Gasteiger partial charge in [0.05, 0.1) is 11.6 Å². The van der Waals surface area contributed by atoms with E-state index in [0.29, 0.717) is 29.6 Å². The van der Waals surface area contributed by atoms with E-state index in [9.17, 15) is 9.59 Å². The van der Waals surface area contributed by atoms with E-state index in [1.807, 2.05) is 38.1 Å². The van der Waals surface area contributed by atoms with Crippen molar-refractivity contribution in [2.75, 3.05) is 11.1 Å². The van der Waals surface area contributed by atoms with Crippen molar-refractivity contribution in [1.29, 1.82) is 0 Å². The minimum Gasteiger partial charge on any atom is -0.325 e. The van der Waals surface area contributed by atoms with E-state index in [1.54, 1.807) is 4.57 Å². The molecule has 1 aromatic carbocycles. The number of anilines is 1. The Labute approximate surface area is 150 Å². The summed E-state index contributed by atoms with van der Waals surface area (Å²) in [6.07, 6.45) is 0.645. The minimum absolute atomic E-state index is 0.0282. The van der Waals surface area contributed by atoms with Gasteiger partial charge in [-0.05, 0) is 25.5 Å². The van der Waals surface area contributed by atoms with Crippen LogP contribution in [0.5, 0.6) is 0 Å². The van der Waals surface area contributed by atoms with E-state index < -0.39 is 0 Å². The molecule has 3 rings (SSSR count). The van der Waals surface area contributed by atoms with Gasteiger partial charge in [0.25, 0.3) is 5.56 Å². The largest absolute Gasteiger partial charge is 0.325 e. The van der Waals surface area contributed by atoms with Gasteiger partial charge in [0.15, 0.2) is 5.16 Å². The third-order valence-electron chi connectivity index (χ3n) is 4.14. The predicted octanol–water partition coefficient (Wildman–Crippen LogP) is 2.76. The molecule has 126 valence electrons. The first kappa shape index (κ1) is 17.1. The maximum Gasteiger partial charge on any atom is 0.257 e. The number of thioether (sulfide) groups is 1. The number of rotatable bonds is 3. The lowest BCUT2D eigenvalue weighted by atomic mass is 10.1. The molecule has 1 N–H and O–H groups in total. The number of nitrogens with zero attached hydrogens (tertiary/aromatic N) is 2. The van der Waals surface area contributed by atoms with Gasteiger partial charge >= 0.3 is 0 Å². The number of aryl methyl sites for hydroxylation is 1. The van der Waals surface area contributed by atoms with Crippen LogP contribution >= 0.6 is 24.4 Å². The molecule has 5 nitrogen and oxygen atoms in total. The SMILES string of the molecule is CCc1c(C)nc2n(c1=O)CC(C(=O)Nc1ccccc1S)CS2. The van der Waals surface area contributed by atoms with Gasteiger partial charge in [0.2, 0.25) is 5.91 Å². The first-order valence-electron chi connectivity index (χ1n) is 7.83. The molecule has 0 fully saturated rings. The van der Waals surface area contributed by atoms with Gasteiger partial charge in [-0.1, -0.05) is 30.8 Å².